The second kappa shape index (κ2) is 5.78. The van der Waals surface area contributed by atoms with Gasteiger partial charge in [0.05, 0.1) is 12.7 Å². The van der Waals surface area contributed by atoms with E-state index in [0.717, 1.165) is 5.56 Å². The highest BCUT2D eigenvalue weighted by Crippen LogP contribution is 1.99. The quantitative estimate of drug-likeness (QED) is 0.754. The van der Waals surface area contributed by atoms with Crippen molar-refractivity contribution < 1.29 is 9.63 Å². The molecule has 1 rings (SSSR count). The molecule has 4 nitrogen and oxygen atoms in total. The van der Waals surface area contributed by atoms with E-state index in [1.807, 2.05) is 36.4 Å². The topological polar surface area (TPSA) is 62.1 Å². The molecule has 0 spiro atoms. The van der Waals surface area contributed by atoms with Crippen molar-refractivity contribution in [1.82, 2.24) is 5.48 Å². The third-order valence-electron chi connectivity index (χ3n) is 1.84. The Balaban J connectivity index is 2.29. The molecule has 0 aromatic heterocycles. The van der Waals surface area contributed by atoms with Crippen molar-refractivity contribution in [1.29, 1.82) is 5.26 Å². The van der Waals surface area contributed by atoms with Crippen LogP contribution in [0.25, 0.3) is 0 Å². The van der Waals surface area contributed by atoms with Crippen molar-refractivity contribution in [2.75, 3.05) is 0 Å². The van der Waals surface area contributed by atoms with Crippen LogP contribution in [-0.2, 0) is 16.2 Å². The minimum Gasteiger partial charge on any atom is -0.271 e. The van der Waals surface area contributed by atoms with Gasteiger partial charge in [-0.25, -0.2) is 5.48 Å². The molecule has 4 heteroatoms. The van der Waals surface area contributed by atoms with Gasteiger partial charge in [-0.1, -0.05) is 30.3 Å². The molecule has 0 aliphatic rings. The van der Waals surface area contributed by atoms with Crippen LogP contribution in [0.5, 0.6) is 0 Å². The Morgan fingerprint density at radius 3 is 2.80 bits per heavy atom. The fourth-order valence-electron chi connectivity index (χ4n) is 0.912. The first-order chi connectivity index (χ1) is 7.24. The average molecular weight is 204 g/mol. The largest absolute Gasteiger partial charge is 0.271 e. The summed E-state index contributed by atoms with van der Waals surface area (Å²) in [5.74, 6) is -1.12. The SMILES string of the molecule is CC(C#N)C(=O)NOCc1ccccc1. The molecular formula is C11H12N2O2. The Morgan fingerprint density at radius 1 is 1.53 bits per heavy atom. The Hall–Kier alpha value is -1.86. The molecule has 1 unspecified atom stereocenters. The van der Waals surface area contributed by atoms with Gasteiger partial charge in [-0.3, -0.25) is 9.63 Å². The molecule has 0 saturated carbocycles. The predicted octanol–water partition coefficient (Wildman–Crippen LogP) is 1.39. The van der Waals surface area contributed by atoms with Gasteiger partial charge < -0.3 is 0 Å². The van der Waals surface area contributed by atoms with E-state index in [-0.39, 0.29) is 0 Å². The van der Waals surface area contributed by atoms with Crippen molar-refractivity contribution >= 4 is 5.91 Å². The van der Waals surface area contributed by atoms with Crippen LogP contribution in [0, 0.1) is 17.2 Å². The first-order valence-electron chi connectivity index (χ1n) is 4.59. The zero-order valence-electron chi connectivity index (χ0n) is 8.43. The molecule has 1 atom stereocenters. The van der Waals surface area contributed by atoms with E-state index in [0.29, 0.717) is 6.61 Å². The highest BCUT2D eigenvalue weighted by Gasteiger charge is 2.10. The fraction of sp³-hybridized carbons (Fsp3) is 0.273. The summed E-state index contributed by atoms with van der Waals surface area (Å²) in [6.45, 7) is 1.81. The number of hydroxylamine groups is 1. The number of nitrogens with zero attached hydrogens (tertiary/aromatic N) is 1. The zero-order chi connectivity index (χ0) is 11.1. The van der Waals surface area contributed by atoms with Gasteiger partial charge in [0.15, 0.2) is 0 Å². The lowest BCUT2D eigenvalue weighted by molar-refractivity contribution is -0.136. The van der Waals surface area contributed by atoms with E-state index < -0.39 is 11.8 Å². The number of hydrogen-bond acceptors (Lipinski definition) is 3. The standard InChI is InChI=1S/C11H12N2O2/c1-9(7-12)11(14)13-15-8-10-5-3-2-4-6-10/h2-6,9H,8H2,1H3,(H,13,14). The average Bonchev–Trinajstić information content (AvgIpc) is 2.29. The van der Waals surface area contributed by atoms with Gasteiger partial charge >= 0.3 is 0 Å². The Bertz CT molecular complexity index is 357. The van der Waals surface area contributed by atoms with Gasteiger partial charge in [0.1, 0.15) is 5.92 Å². The third-order valence-corrected chi connectivity index (χ3v) is 1.84. The molecular weight excluding hydrogens is 192 g/mol. The number of nitriles is 1. The summed E-state index contributed by atoms with van der Waals surface area (Å²) in [5.41, 5.74) is 3.18. The number of carbonyl (C=O) groups is 1. The van der Waals surface area contributed by atoms with Gasteiger partial charge in [-0.2, -0.15) is 5.26 Å². The maximum absolute atomic E-state index is 11.1. The molecule has 1 aromatic carbocycles. The molecule has 1 amide bonds. The minimum absolute atomic E-state index is 0.296. The highest BCUT2D eigenvalue weighted by molar-refractivity contribution is 5.79. The summed E-state index contributed by atoms with van der Waals surface area (Å²) >= 11 is 0. The van der Waals surface area contributed by atoms with Crippen LogP contribution in [0.15, 0.2) is 30.3 Å². The summed E-state index contributed by atoms with van der Waals surface area (Å²) in [4.78, 5) is 16.1. The molecule has 0 aliphatic carbocycles. The minimum atomic E-state index is -0.694. The van der Waals surface area contributed by atoms with Crippen LogP contribution in [0.2, 0.25) is 0 Å². The maximum Gasteiger partial charge on any atom is 0.260 e. The summed E-state index contributed by atoms with van der Waals surface area (Å²) in [5, 5.41) is 8.46. The van der Waals surface area contributed by atoms with Crippen molar-refractivity contribution in [2.24, 2.45) is 5.92 Å². The lowest BCUT2D eigenvalue weighted by atomic mass is 10.2. The van der Waals surface area contributed by atoms with E-state index in [9.17, 15) is 4.79 Å². The second-order valence-electron chi connectivity index (χ2n) is 3.09. The first-order valence-corrected chi connectivity index (χ1v) is 4.59. The number of carbonyl (C=O) groups excluding carboxylic acids is 1. The number of benzene rings is 1. The van der Waals surface area contributed by atoms with Crippen LogP contribution < -0.4 is 5.48 Å². The Kier molecular flexibility index (Phi) is 4.32. The summed E-state index contributed by atoms with van der Waals surface area (Å²) in [7, 11) is 0. The molecule has 78 valence electrons. The first kappa shape index (κ1) is 11.2. The van der Waals surface area contributed by atoms with Crippen molar-refractivity contribution in [3.05, 3.63) is 35.9 Å². The smallest absolute Gasteiger partial charge is 0.260 e. The Morgan fingerprint density at radius 2 is 2.20 bits per heavy atom. The number of amides is 1. The van der Waals surface area contributed by atoms with Gasteiger partial charge in [-0.15, -0.1) is 0 Å². The van der Waals surface area contributed by atoms with Crippen molar-refractivity contribution in [3.8, 4) is 6.07 Å². The molecule has 0 fully saturated rings. The molecule has 0 bridgehead atoms. The lowest BCUT2D eigenvalue weighted by Gasteiger charge is -2.06. The normalized spacial score (nSPS) is 11.5. The van der Waals surface area contributed by atoms with Crippen LogP contribution >= 0.6 is 0 Å². The highest BCUT2D eigenvalue weighted by atomic mass is 16.6. The van der Waals surface area contributed by atoms with Gasteiger partial charge in [-0.05, 0) is 12.5 Å². The van der Waals surface area contributed by atoms with E-state index in [2.05, 4.69) is 5.48 Å². The second-order valence-corrected chi connectivity index (χ2v) is 3.09. The van der Waals surface area contributed by atoms with Crippen molar-refractivity contribution in [2.45, 2.75) is 13.5 Å². The summed E-state index contributed by atoms with van der Waals surface area (Å²) < 4.78 is 0. The number of hydrogen-bond donors (Lipinski definition) is 1. The molecule has 0 radical (unpaired) electrons. The van der Waals surface area contributed by atoms with E-state index in [1.54, 1.807) is 0 Å². The van der Waals surface area contributed by atoms with Crippen LogP contribution in [0.3, 0.4) is 0 Å². The molecule has 0 saturated heterocycles. The molecule has 15 heavy (non-hydrogen) atoms. The number of nitrogens with one attached hydrogen (secondary N) is 1. The molecule has 1 aromatic rings. The Labute approximate surface area is 88.4 Å². The predicted molar refractivity (Wildman–Crippen MR) is 54.2 cm³/mol. The van der Waals surface area contributed by atoms with E-state index >= 15 is 0 Å². The zero-order valence-corrected chi connectivity index (χ0v) is 8.43. The van der Waals surface area contributed by atoms with Crippen LogP contribution in [-0.4, -0.2) is 5.91 Å². The van der Waals surface area contributed by atoms with Crippen LogP contribution in [0.4, 0.5) is 0 Å². The molecule has 1 N–H and O–H groups in total. The summed E-state index contributed by atoms with van der Waals surface area (Å²) in [6.07, 6.45) is 0. The lowest BCUT2D eigenvalue weighted by Crippen LogP contribution is -2.28. The van der Waals surface area contributed by atoms with Crippen LogP contribution in [0.1, 0.15) is 12.5 Å². The molecule has 0 heterocycles. The fourth-order valence-corrected chi connectivity index (χ4v) is 0.912. The maximum atomic E-state index is 11.1. The third kappa shape index (κ3) is 3.79. The van der Waals surface area contributed by atoms with Crippen molar-refractivity contribution in [3.63, 3.8) is 0 Å². The van der Waals surface area contributed by atoms with Gasteiger partial charge in [0.2, 0.25) is 0 Å². The van der Waals surface area contributed by atoms with E-state index in [4.69, 9.17) is 10.1 Å². The van der Waals surface area contributed by atoms with E-state index in [1.165, 1.54) is 6.92 Å². The number of rotatable bonds is 4. The van der Waals surface area contributed by atoms with Gasteiger partial charge in [0, 0.05) is 0 Å². The summed E-state index contributed by atoms with van der Waals surface area (Å²) in [6, 6.07) is 11.3. The monoisotopic (exact) mass is 204 g/mol. The molecule has 0 aliphatic heterocycles. The van der Waals surface area contributed by atoms with Gasteiger partial charge in [0.25, 0.3) is 5.91 Å².